The monoisotopic (exact) mass is 527 g/mol. The summed E-state index contributed by atoms with van der Waals surface area (Å²) < 4.78 is 26.8. The number of hydrogen-bond acceptors (Lipinski definition) is 4. The average Bonchev–Trinajstić information content (AvgIpc) is 2.82. The van der Waals surface area contributed by atoms with Crippen molar-refractivity contribution in [1.82, 2.24) is 10.2 Å². The van der Waals surface area contributed by atoms with Crippen molar-refractivity contribution in [3.63, 3.8) is 0 Å². The van der Waals surface area contributed by atoms with Gasteiger partial charge in [-0.25, -0.2) is 8.42 Å². The number of carbonyl (C=O) groups excluding carboxylic acids is 2. The molecule has 37 heavy (non-hydrogen) atoms. The van der Waals surface area contributed by atoms with E-state index in [4.69, 9.17) is 0 Å². The van der Waals surface area contributed by atoms with E-state index in [2.05, 4.69) is 5.32 Å². The van der Waals surface area contributed by atoms with Crippen LogP contribution in [0.4, 0.5) is 5.69 Å². The summed E-state index contributed by atoms with van der Waals surface area (Å²) in [6, 6.07) is 12.7. The minimum absolute atomic E-state index is 0.120. The molecule has 0 aromatic heterocycles. The quantitative estimate of drug-likeness (QED) is 0.488. The van der Waals surface area contributed by atoms with Gasteiger partial charge in [0, 0.05) is 12.6 Å². The van der Waals surface area contributed by atoms with E-state index in [0.29, 0.717) is 12.1 Å². The molecule has 1 atom stereocenters. The predicted octanol–water partition coefficient (Wildman–Crippen LogP) is 4.63. The number of nitrogens with zero attached hydrogens (tertiary/aromatic N) is 2. The first kappa shape index (κ1) is 28.7. The van der Waals surface area contributed by atoms with Crippen molar-refractivity contribution in [3.8, 4) is 0 Å². The molecule has 0 unspecified atom stereocenters. The lowest BCUT2D eigenvalue weighted by Crippen LogP contribution is -2.53. The maximum absolute atomic E-state index is 13.9. The van der Waals surface area contributed by atoms with Crippen molar-refractivity contribution in [2.75, 3.05) is 17.1 Å². The van der Waals surface area contributed by atoms with Gasteiger partial charge in [0.15, 0.2) is 0 Å². The van der Waals surface area contributed by atoms with Crippen LogP contribution in [0.5, 0.6) is 0 Å². The summed E-state index contributed by atoms with van der Waals surface area (Å²) in [7, 11) is -3.75. The lowest BCUT2D eigenvalue weighted by Gasteiger charge is -2.34. The van der Waals surface area contributed by atoms with Crippen molar-refractivity contribution < 1.29 is 18.0 Å². The zero-order chi connectivity index (χ0) is 27.2. The number of carbonyl (C=O) groups is 2. The maximum atomic E-state index is 13.9. The summed E-state index contributed by atoms with van der Waals surface area (Å²) in [6.07, 6.45) is 6.79. The molecule has 1 saturated carbocycles. The van der Waals surface area contributed by atoms with Gasteiger partial charge in [-0.05, 0) is 68.9 Å². The van der Waals surface area contributed by atoms with E-state index in [0.717, 1.165) is 58.5 Å². The molecule has 0 radical (unpaired) electrons. The van der Waals surface area contributed by atoms with Crippen molar-refractivity contribution >= 4 is 27.5 Å². The number of nitrogens with one attached hydrogen (secondary N) is 1. The van der Waals surface area contributed by atoms with Gasteiger partial charge in [-0.3, -0.25) is 13.9 Å². The number of benzene rings is 2. The maximum Gasteiger partial charge on any atom is 0.244 e. The lowest BCUT2D eigenvalue weighted by atomic mass is 9.95. The number of sulfonamides is 1. The largest absolute Gasteiger partial charge is 0.352 e. The highest BCUT2D eigenvalue weighted by Crippen LogP contribution is 2.23. The van der Waals surface area contributed by atoms with Crippen LogP contribution in [-0.4, -0.2) is 50.0 Å². The number of amides is 2. The van der Waals surface area contributed by atoms with Crippen molar-refractivity contribution in [2.45, 2.75) is 84.8 Å². The van der Waals surface area contributed by atoms with E-state index in [9.17, 15) is 18.0 Å². The van der Waals surface area contributed by atoms with Crippen molar-refractivity contribution in [2.24, 2.45) is 0 Å². The molecule has 2 aromatic carbocycles. The highest BCUT2D eigenvalue weighted by molar-refractivity contribution is 7.92. The van der Waals surface area contributed by atoms with Crippen LogP contribution in [0, 0.1) is 20.8 Å². The van der Waals surface area contributed by atoms with Crippen LogP contribution < -0.4 is 9.62 Å². The Balaban J connectivity index is 1.92. The normalized spacial score (nSPS) is 15.2. The third kappa shape index (κ3) is 8.06. The van der Waals surface area contributed by atoms with Gasteiger partial charge in [0.1, 0.15) is 12.6 Å². The van der Waals surface area contributed by atoms with Gasteiger partial charge in [-0.2, -0.15) is 0 Å². The highest BCUT2D eigenvalue weighted by atomic mass is 32.2. The van der Waals surface area contributed by atoms with E-state index in [1.54, 1.807) is 17.0 Å². The molecular weight excluding hydrogens is 486 g/mol. The second-order valence-electron chi connectivity index (χ2n) is 10.4. The molecule has 1 fully saturated rings. The van der Waals surface area contributed by atoms with Gasteiger partial charge in [0.25, 0.3) is 0 Å². The molecule has 1 aliphatic rings. The van der Waals surface area contributed by atoms with Gasteiger partial charge >= 0.3 is 0 Å². The Kier molecular flexibility index (Phi) is 9.76. The summed E-state index contributed by atoms with van der Waals surface area (Å²) in [5.41, 5.74) is 4.25. The Morgan fingerprint density at radius 2 is 1.54 bits per heavy atom. The number of hydrogen-bond donors (Lipinski definition) is 1. The van der Waals surface area contributed by atoms with E-state index >= 15 is 0 Å². The van der Waals surface area contributed by atoms with Crippen LogP contribution in [0.3, 0.4) is 0 Å². The van der Waals surface area contributed by atoms with Crippen LogP contribution in [0.2, 0.25) is 0 Å². The topological polar surface area (TPSA) is 86.8 Å². The summed E-state index contributed by atoms with van der Waals surface area (Å²) in [5, 5.41) is 3.17. The first-order valence-electron chi connectivity index (χ1n) is 13.2. The fourth-order valence-corrected chi connectivity index (χ4v) is 5.90. The fraction of sp³-hybridized carbons (Fsp3) is 0.517. The Bertz CT molecular complexity index is 1170. The summed E-state index contributed by atoms with van der Waals surface area (Å²) in [4.78, 5) is 28.8. The molecule has 2 amide bonds. The van der Waals surface area contributed by atoms with E-state index in [1.165, 1.54) is 6.42 Å². The predicted molar refractivity (Wildman–Crippen MR) is 149 cm³/mol. The molecular formula is C29H41N3O4S. The van der Waals surface area contributed by atoms with E-state index in [-0.39, 0.29) is 25.0 Å². The molecule has 1 aliphatic carbocycles. The van der Waals surface area contributed by atoms with Gasteiger partial charge < -0.3 is 10.2 Å². The molecule has 3 rings (SSSR count). The SMILES string of the molecule is CC[C@@H](C(=O)NC1CCCCC1)N(Cc1ccc(C)cc1)C(=O)CN(c1cc(C)cc(C)c1)S(C)(=O)=O. The number of aryl methyl sites for hydroxylation is 3. The van der Waals surface area contributed by atoms with Crippen LogP contribution in [0.1, 0.15) is 67.7 Å². The smallest absolute Gasteiger partial charge is 0.244 e. The molecule has 8 heteroatoms. The first-order valence-corrected chi connectivity index (χ1v) is 15.0. The van der Waals surface area contributed by atoms with Crippen molar-refractivity contribution in [3.05, 3.63) is 64.7 Å². The number of rotatable bonds is 10. The highest BCUT2D eigenvalue weighted by Gasteiger charge is 2.32. The van der Waals surface area contributed by atoms with Gasteiger partial charge in [0.2, 0.25) is 21.8 Å². The molecule has 0 spiro atoms. The van der Waals surface area contributed by atoms with Crippen LogP contribution in [0.25, 0.3) is 0 Å². The average molecular weight is 528 g/mol. The van der Waals surface area contributed by atoms with Crippen molar-refractivity contribution in [1.29, 1.82) is 0 Å². The second-order valence-corrected chi connectivity index (χ2v) is 12.3. The Labute approximate surface area is 222 Å². The zero-order valence-corrected chi connectivity index (χ0v) is 23.6. The Morgan fingerprint density at radius 3 is 2.08 bits per heavy atom. The van der Waals surface area contributed by atoms with E-state index < -0.39 is 22.0 Å². The van der Waals surface area contributed by atoms with Gasteiger partial charge in [0.05, 0.1) is 11.9 Å². The molecule has 0 bridgehead atoms. The minimum atomic E-state index is -3.75. The van der Waals surface area contributed by atoms with Gasteiger partial charge in [-0.15, -0.1) is 0 Å². The zero-order valence-electron chi connectivity index (χ0n) is 22.8. The molecule has 0 heterocycles. The molecule has 0 aliphatic heterocycles. The van der Waals surface area contributed by atoms with Crippen LogP contribution in [-0.2, 0) is 26.2 Å². The fourth-order valence-electron chi connectivity index (χ4n) is 5.06. The molecule has 0 saturated heterocycles. The Morgan fingerprint density at radius 1 is 0.946 bits per heavy atom. The molecule has 202 valence electrons. The molecule has 7 nitrogen and oxygen atoms in total. The second kappa shape index (κ2) is 12.6. The van der Waals surface area contributed by atoms with Gasteiger partial charge in [-0.1, -0.05) is 62.1 Å². The van der Waals surface area contributed by atoms with Crippen LogP contribution in [0.15, 0.2) is 42.5 Å². The summed E-state index contributed by atoms with van der Waals surface area (Å²) >= 11 is 0. The Hall–Kier alpha value is -2.87. The van der Waals surface area contributed by atoms with Crippen LogP contribution >= 0.6 is 0 Å². The first-order chi connectivity index (χ1) is 17.5. The number of anilines is 1. The third-order valence-corrected chi connectivity index (χ3v) is 8.13. The molecule has 1 N–H and O–H groups in total. The summed E-state index contributed by atoms with van der Waals surface area (Å²) in [6.45, 7) is 7.52. The molecule has 2 aromatic rings. The van der Waals surface area contributed by atoms with E-state index in [1.807, 2.05) is 58.0 Å². The third-order valence-electron chi connectivity index (χ3n) is 6.98. The lowest BCUT2D eigenvalue weighted by molar-refractivity contribution is -0.140. The standard InChI is InChI=1S/C29H41N3O4S/c1-6-27(29(34)30-25-10-8-7-9-11-25)31(19-24-14-12-21(2)13-15-24)28(33)20-32(37(5,35)36)26-17-22(3)16-23(4)18-26/h12-18,25,27H,6-11,19-20H2,1-5H3,(H,30,34)/t27-/m0/s1. The minimum Gasteiger partial charge on any atom is -0.352 e. The summed E-state index contributed by atoms with van der Waals surface area (Å²) in [5.74, 6) is -0.581.